The second-order valence-corrected chi connectivity index (χ2v) is 5.99. The summed E-state index contributed by atoms with van der Waals surface area (Å²) in [6.45, 7) is 9.66. The molecule has 3 heteroatoms. The van der Waals surface area contributed by atoms with E-state index >= 15 is 0 Å². The van der Waals surface area contributed by atoms with Crippen LogP contribution in [0.1, 0.15) is 44.4 Å². The molecule has 0 fully saturated rings. The summed E-state index contributed by atoms with van der Waals surface area (Å²) in [5.41, 5.74) is 2.52. The number of benzene rings is 1. The molecule has 0 amide bonds. The molecule has 0 radical (unpaired) electrons. The zero-order chi connectivity index (χ0) is 14.5. The van der Waals surface area contributed by atoms with Crippen molar-refractivity contribution in [2.24, 2.45) is 5.41 Å². The van der Waals surface area contributed by atoms with Crippen molar-refractivity contribution in [3.05, 3.63) is 29.3 Å². The molecule has 0 saturated heterocycles. The summed E-state index contributed by atoms with van der Waals surface area (Å²) >= 11 is 0. The van der Waals surface area contributed by atoms with E-state index in [2.05, 4.69) is 45.1 Å². The minimum atomic E-state index is 0.0973. The Bertz CT molecular complexity index is 402. The minimum absolute atomic E-state index is 0.0973. The third-order valence-electron chi connectivity index (χ3n) is 3.53. The van der Waals surface area contributed by atoms with Crippen molar-refractivity contribution in [2.75, 3.05) is 20.3 Å². The number of aryl methyl sites for hydroxylation is 1. The highest BCUT2D eigenvalue weighted by atomic mass is 16.5. The van der Waals surface area contributed by atoms with Gasteiger partial charge in [0.2, 0.25) is 0 Å². The molecule has 0 saturated carbocycles. The fraction of sp³-hybridized carbons (Fsp3) is 0.625. The van der Waals surface area contributed by atoms with Gasteiger partial charge in [-0.2, -0.15) is 0 Å². The maximum Gasteiger partial charge on any atom is 0.123 e. The van der Waals surface area contributed by atoms with Crippen LogP contribution in [0.4, 0.5) is 0 Å². The summed E-state index contributed by atoms with van der Waals surface area (Å²) in [5, 5.41) is 12.6. The van der Waals surface area contributed by atoms with Crippen molar-refractivity contribution in [1.82, 2.24) is 5.32 Å². The van der Waals surface area contributed by atoms with E-state index in [1.807, 2.05) is 6.07 Å². The van der Waals surface area contributed by atoms with E-state index in [9.17, 15) is 0 Å². The first-order chi connectivity index (χ1) is 8.89. The number of aliphatic hydroxyl groups excluding tert-OH is 1. The first kappa shape index (κ1) is 16.0. The van der Waals surface area contributed by atoms with E-state index < -0.39 is 0 Å². The minimum Gasteiger partial charge on any atom is -0.496 e. The van der Waals surface area contributed by atoms with Gasteiger partial charge in [-0.15, -0.1) is 0 Å². The van der Waals surface area contributed by atoms with Crippen LogP contribution in [0.25, 0.3) is 0 Å². The van der Waals surface area contributed by atoms with Crippen molar-refractivity contribution in [2.45, 2.75) is 40.2 Å². The number of aliphatic hydroxyl groups is 1. The molecule has 1 aromatic carbocycles. The third-order valence-corrected chi connectivity index (χ3v) is 3.53. The molecule has 0 aliphatic heterocycles. The Hall–Kier alpha value is -1.06. The van der Waals surface area contributed by atoms with E-state index in [1.165, 1.54) is 11.1 Å². The van der Waals surface area contributed by atoms with Gasteiger partial charge in [-0.05, 0) is 31.7 Å². The summed E-state index contributed by atoms with van der Waals surface area (Å²) in [4.78, 5) is 0. The molecule has 0 aliphatic rings. The third kappa shape index (κ3) is 4.84. The van der Waals surface area contributed by atoms with Crippen LogP contribution in [0.3, 0.4) is 0 Å². The standard InChI is InChI=1S/C16H27NO2/c1-12-6-7-15(19-5)14(10-12)13(2)17-11-16(3,4)8-9-18/h6-7,10,13,17-18H,8-9,11H2,1-5H3. The lowest BCUT2D eigenvalue weighted by Crippen LogP contribution is -2.32. The lowest BCUT2D eigenvalue weighted by atomic mass is 9.89. The average molecular weight is 265 g/mol. The summed E-state index contributed by atoms with van der Waals surface area (Å²) in [5.74, 6) is 0.922. The zero-order valence-electron chi connectivity index (χ0n) is 12.8. The molecule has 3 nitrogen and oxygen atoms in total. The molecule has 1 aromatic rings. The van der Waals surface area contributed by atoms with Crippen molar-refractivity contribution in [1.29, 1.82) is 0 Å². The second-order valence-electron chi connectivity index (χ2n) is 5.99. The first-order valence-electron chi connectivity index (χ1n) is 6.88. The predicted octanol–water partition coefficient (Wildman–Crippen LogP) is 3.06. The molecular formula is C16H27NO2. The van der Waals surface area contributed by atoms with Crippen LogP contribution >= 0.6 is 0 Å². The van der Waals surface area contributed by atoms with E-state index in [0.29, 0.717) is 0 Å². The lowest BCUT2D eigenvalue weighted by Gasteiger charge is -2.27. The highest BCUT2D eigenvalue weighted by molar-refractivity contribution is 5.38. The number of hydrogen-bond acceptors (Lipinski definition) is 3. The zero-order valence-corrected chi connectivity index (χ0v) is 12.8. The molecule has 0 aromatic heterocycles. The Balaban J connectivity index is 2.72. The Kier molecular flexibility index (Phi) is 5.83. The van der Waals surface area contributed by atoms with Gasteiger partial charge in [0.25, 0.3) is 0 Å². The van der Waals surface area contributed by atoms with Gasteiger partial charge in [-0.1, -0.05) is 31.5 Å². The molecule has 1 rings (SSSR count). The number of nitrogens with one attached hydrogen (secondary N) is 1. The van der Waals surface area contributed by atoms with Gasteiger partial charge < -0.3 is 15.2 Å². The molecule has 19 heavy (non-hydrogen) atoms. The summed E-state index contributed by atoms with van der Waals surface area (Å²) in [7, 11) is 1.70. The fourth-order valence-corrected chi connectivity index (χ4v) is 2.12. The molecule has 0 bridgehead atoms. The Morgan fingerprint density at radius 3 is 2.63 bits per heavy atom. The molecule has 0 heterocycles. The van der Waals surface area contributed by atoms with E-state index in [-0.39, 0.29) is 18.1 Å². The number of rotatable bonds is 7. The fourth-order valence-electron chi connectivity index (χ4n) is 2.12. The van der Waals surface area contributed by atoms with Crippen LogP contribution in [-0.4, -0.2) is 25.4 Å². The van der Waals surface area contributed by atoms with Gasteiger partial charge in [0.05, 0.1) is 7.11 Å². The van der Waals surface area contributed by atoms with Gasteiger partial charge in [0, 0.05) is 24.8 Å². The molecule has 1 unspecified atom stereocenters. The van der Waals surface area contributed by atoms with Crippen molar-refractivity contribution in [3.63, 3.8) is 0 Å². The normalized spacial score (nSPS) is 13.4. The maximum atomic E-state index is 9.05. The van der Waals surface area contributed by atoms with Crippen LogP contribution in [-0.2, 0) is 0 Å². The van der Waals surface area contributed by atoms with Crippen molar-refractivity contribution >= 4 is 0 Å². The van der Waals surface area contributed by atoms with Gasteiger partial charge in [0.15, 0.2) is 0 Å². The molecule has 108 valence electrons. The first-order valence-corrected chi connectivity index (χ1v) is 6.88. The largest absolute Gasteiger partial charge is 0.496 e. The Morgan fingerprint density at radius 1 is 1.37 bits per heavy atom. The molecule has 1 atom stereocenters. The van der Waals surface area contributed by atoms with Crippen LogP contribution in [0, 0.1) is 12.3 Å². The van der Waals surface area contributed by atoms with Crippen LogP contribution < -0.4 is 10.1 Å². The molecular weight excluding hydrogens is 238 g/mol. The Morgan fingerprint density at radius 2 is 2.05 bits per heavy atom. The highest BCUT2D eigenvalue weighted by Gasteiger charge is 2.19. The van der Waals surface area contributed by atoms with Crippen LogP contribution in [0.5, 0.6) is 5.75 Å². The van der Waals surface area contributed by atoms with Gasteiger partial charge >= 0.3 is 0 Å². The van der Waals surface area contributed by atoms with E-state index in [1.54, 1.807) is 7.11 Å². The smallest absolute Gasteiger partial charge is 0.123 e. The van der Waals surface area contributed by atoms with Gasteiger partial charge in [0.1, 0.15) is 5.75 Å². The number of ether oxygens (including phenoxy) is 1. The quantitative estimate of drug-likeness (QED) is 0.796. The Labute approximate surface area is 117 Å². The topological polar surface area (TPSA) is 41.5 Å². The van der Waals surface area contributed by atoms with Crippen molar-refractivity contribution in [3.8, 4) is 5.75 Å². The van der Waals surface area contributed by atoms with E-state index in [4.69, 9.17) is 9.84 Å². The summed E-state index contributed by atoms with van der Waals surface area (Å²) in [6.07, 6.45) is 0.803. The monoisotopic (exact) mass is 265 g/mol. The average Bonchev–Trinajstić information content (AvgIpc) is 2.36. The molecule has 2 N–H and O–H groups in total. The van der Waals surface area contributed by atoms with Gasteiger partial charge in [-0.25, -0.2) is 0 Å². The number of methoxy groups -OCH3 is 1. The summed E-state index contributed by atoms with van der Waals surface area (Å²) in [6, 6.07) is 6.47. The van der Waals surface area contributed by atoms with Crippen LogP contribution in [0.15, 0.2) is 18.2 Å². The van der Waals surface area contributed by atoms with Gasteiger partial charge in [-0.3, -0.25) is 0 Å². The summed E-state index contributed by atoms with van der Waals surface area (Å²) < 4.78 is 5.42. The second kappa shape index (κ2) is 6.92. The van der Waals surface area contributed by atoms with Crippen molar-refractivity contribution < 1.29 is 9.84 Å². The molecule has 0 spiro atoms. The SMILES string of the molecule is COc1ccc(C)cc1C(C)NCC(C)(C)CCO. The van der Waals surface area contributed by atoms with Crippen LogP contribution in [0.2, 0.25) is 0 Å². The molecule has 0 aliphatic carbocycles. The predicted molar refractivity (Wildman–Crippen MR) is 79.6 cm³/mol. The maximum absolute atomic E-state index is 9.05. The number of hydrogen-bond donors (Lipinski definition) is 2. The van der Waals surface area contributed by atoms with E-state index in [0.717, 1.165) is 18.7 Å². The lowest BCUT2D eigenvalue weighted by molar-refractivity contribution is 0.203. The highest BCUT2D eigenvalue weighted by Crippen LogP contribution is 2.27.